The number of nitrogens with one attached hydrogen (secondary N) is 1. The first-order chi connectivity index (χ1) is 9.44. The average Bonchev–Trinajstić information content (AvgIpc) is 2.84. The van der Waals surface area contributed by atoms with Gasteiger partial charge < -0.3 is 15.0 Å². The number of ether oxygens (including phenoxy) is 1. The molecule has 1 aliphatic heterocycles. The van der Waals surface area contributed by atoms with Gasteiger partial charge in [0.1, 0.15) is 11.4 Å². The Hall–Kier alpha value is -1.78. The molecule has 1 saturated heterocycles. The number of aromatic nitrogens is 1. The van der Waals surface area contributed by atoms with E-state index in [0.29, 0.717) is 5.92 Å². The van der Waals surface area contributed by atoms with E-state index in [2.05, 4.69) is 10.3 Å². The van der Waals surface area contributed by atoms with Crippen molar-refractivity contribution in [2.24, 2.45) is 5.92 Å². The zero-order valence-electron chi connectivity index (χ0n) is 12.4. The fourth-order valence-electron chi connectivity index (χ4n) is 2.21. The summed E-state index contributed by atoms with van der Waals surface area (Å²) in [5, 5.41) is 3.30. The third-order valence-corrected chi connectivity index (χ3v) is 3.17. The number of carbonyl (C=O) groups is 1. The van der Waals surface area contributed by atoms with Crippen LogP contribution in [0.1, 0.15) is 27.2 Å². The quantitative estimate of drug-likeness (QED) is 0.923. The molecule has 0 spiro atoms. The SMILES string of the molecule is CC(C)(C)OC(=O)N1CCC(CNc2ccccn2)C1. The summed E-state index contributed by atoms with van der Waals surface area (Å²) in [6, 6.07) is 5.79. The molecule has 2 rings (SSSR count). The number of hydrogen-bond acceptors (Lipinski definition) is 4. The van der Waals surface area contributed by atoms with Gasteiger partial charge in [-0.05, 0) is 45.2 Å². The zero-order chi connectivity index (χ0) is 14.6. The molecule has 1 aromatic rings. The Bertz CT molecular complexity index is 442. The Morgan fingerprint density at radius 2 is 2.30 bits per heavy atom. The van der Waals surface area contributed by atoms with Crippen LogP contribution in [0, 0.1) is 5.92 Å². The highest BCUT2D eigenvalue weighted by molar-refractivity contribution is 5.68. The van der Waals surface area contributed by atoms with Crippen LogP contribution in [0.3, 0.4) is 0 Å². The van der Waals surface area contributed by atoms with Gasteiger partial charge in [0.25, 0.3) is 0 Å². The summed E-state index contributed by atoms with van der Waals surface area (Å²) in [5.74, 6) is 1.33. The van der Waals surface area contributed by atoms with Gasteiger partial charge in [0.2, 0.25) is 0 Å². The van der Waals surface area contributed by atoms with E-state index in [9.17, 15) is 4.79 Å². The van der Waals surface area contributed by atoms with Gasteiger partial charge in [-0.3, -0.25) is 0 Å². The molecule has 5 heteroatoms. The van der Waals surface area contributed by atoms with Crippen molar-refractivity contribution in [3.8, 4) is 0 Å². The second kappa shape index (κ2) is 6.11. The van der Waals surface area contributed by atoms with Gasteiger partial charge in [-0.2, -0.15) is 0 Å². The topological polar surface area (TPSA) is 54.5 Å². The molecule has 0 aliphatic carbocycles. The molecule has 0 aromatic carbocycles. The van der Waals surface area contributed by atoms with Crippen LogP contribution >= 0.6 is 0 Å². The monoisotopic (exact) mass is 277 g/mol. The van der Waals surface area contributed by atoms with Crippen LogP contribution in [-0.4, -0.2) is 41.2 Å². The Morgan fingerprint density at radius 1 is 1.50 bits per heavy atom. The smallest absolute Gasteiger partial charge is 0.410 e. The van der Waals surface area contributed by atoms with Gasteiger partial charge in [0.15, 0.2) is 0 Å². The number of pyridine rings is 1. The Morgan fingerprint density at radius 3 is 2.95 bits per heavy atom. The lowest BCUT2D eigenvalue weighted by molar-refractivity contribution is 0.0289. The molecular formula is C15H23N3O2. The molecule has 1 N–H and O–H groups in total. The molecule has 5 nitrogen and oxygen atoms in total. The van der Waals surface area contributed by atoms with Crippen LogP contribution in [0.4, 0.5) is 10.6 Å². The number of likely N-dealkylation sites (tertiary alicyclic amines) is 1. The second-order valence-electron chi connectivity index (χ2n) is 6.18. The van der Waals surface area contributed by atoms with Gasteiger partial charge in [-0.25, -0.2) is 9.78 Å². The molecule has 1 amide bonds. The van der Waals surface area contributed by atoms with Gasteiger partial charge in [0.05, 0.1) is 0 Å². The summed E-state index contributed by atoms with van der Waals surface area (Å²) in [5.41, 5.74) is -0.429. The molecular weight excluding hydrogens is 254 g/mol. The van der Waals surface area contributed by atoms with Crippen LogP contribution in [0.2, 0.25) is 0 Å². The molecule has 110 valence electrons. The third kappa shape index (κ3) is 4.40. The molecule has 1 atom stereocenters. The number of rotatable bonds is 3. The third-order valence-electron chi connectivity index (χ3n) is 3.17. The van der Waals surface area contributed by atoms with Crippen LogP contribution in [0.25, 0.3) is 0 Å². The van der Waals surface area contributed by atoms with Crippen molar-refractivity contribution in [3.05, 3.63) is 24.4 Å². The predicted molar refractivity (Wildman–Crippen MR) is 78.6 cm³/mol. The van der Waals surface area contributed by atoms with E-state index in [0.717, 1.165) is 31.9 Å². The average molecular weight is 277 g/mol. The Balaban J connectivity index is 1.76. The number of carbonyl (C=O) groups excluding carboxylic acids is 1. The molecule has 0 saturated carbocycles. The van der Waals surface area contributed by atoms with Crippen LogP contribution in [0.15, 0.2) is 24.4 Å². The predicted octanol–water partition coefficient (Wildman–Crippen LogP) is 2.75. The summed E-state index contributed by atoms with van der Waals surface area (Å²) in [4.78, 5) is 18.0. The second-order valence-corrected chi connectivity index (χ2v) is 6.18. The lowest BCUT2D eigenvalue weighted by Crippen LogP contribution is -2.35. The number of hydrogen-bond donors (Lipinski definition) is 1. The minimum absolute atomic E-state index is 0.210. The zero-order valence-corrected chi connectivity index (χ0v) is 12.4. The molecule has 1 aromatic heterocycles. The van der Waals surface area contributed by atoms with Gasteiger partial charge in [-0.15, -0.1) is 0 Å². The maximum absolute atomic E-state index is 12.0. The normalized spacial score (nSPS) is 18.9. The summed E-state index contributed by atoms with van der Waals surface area (Å²) < 4.78 is 5.39. The summed E-state index contributed by atoms with van der Waals surface area (Å²) in [6.45, 7) is 8.01. The van der Waals surface area contributed by atoms with E-state index in [1.54, 1.807) is 11.1 Å². The van der Waals surface area contributed by atoms with E-state index in [4.69, 9.17) is 4.74 Å². The van der Waals surface area contributed by atoms with Crippen molar-refractivity contribution >= 4 is 11.9 Å². The first-order valence-electron chi connectivity index (χ1n) is 7.07. The minimum atomic E-state index is -0.429. The van der Waals surface area contributed by atoms with Crippen LogP contribution in [0.5, 0.6) is 0 Å². The number of nitrogens with zero attached hydrogens (tertiary/aromatic N) is 2. The highest BCUT2D eigenvalue weighted by Crippen LogP contribution is 2.19. The molecule has 20 heavy (non-hydrogen) atoms. The molecule has 0 bridgehead atoms. The fourth-order valence-corrected chi connectivity index (χ4v) is 2.21. The standard InChI is InChI=1S/C15H23N3O2/c1-15(2,3)20-14(19)18-9-7-12(11-18)10-17-13-6-4-5-8-16-13/h4-6,8,12H,7,9-11H2,1-3H3,(H,16,17). The molecule has 1 fully saturated rings. The van der Waals surface area contributed by atoms with E-state index in [1.807, 2.05) is 39.0 Å². The minimum Gasteiger partial charge on any atom is -0.444 e. The molecule has 1 aliphatic rings. The van der Waals surface area contributed by atoms with Crippen molar-refractivity contribution in [1.29, 1.82) is 0 Å². The number of anilines is 1. The number of amides is 1. The van der Waals surface area contributed by atoms with E-state index >= 15 is 0 Å². The summed E-state index contributed by atoms with van der Waals surface area (Å²) >= 11 is 0. The first-order valence-corrected chi connectivity index (χ1v) is 7.07. The molecule has 0 radical (unpaired) electrons. The van der Waals surface area contributed by atoms with Crippen LogP contribution < -0.4 is 5.32 Å². The maximum Gasteiger partial charge on any atom is 0.410 e. The van der Waals surface area contributed by atoms with E-state index in [1.165, 1.54) is 0 Å². The fraction of sp³-hybridized carbons (Fsp3) is 0.600. The van der Waals surface area contributed by atoms with Crippen molar-refractivity contribution in [1.82, 2.24) is 9.88 Å². The van der Waals surface area contributed by atoms with Gasteiger partial charge in [0, 0.05) is 25.8 Å². The van der Waals surface area contributed by atoms with E-state index < -0.39 is 5.60 Å². The lowest BCUT2D eigenvalue weighted by atomic mass is 10.1. The summed E-state index contributed by atoms with van der Waals surface area (Å²) in [7, 11) is 0. The van der Waals surface area contributed by atoms with E-state index in [-0.39, 0.29) is 6.09 Å². The first kappa shape index (κ1) is 14.6. The van der Waals surface area contributed by atoms with Crippen LogP contribution in [-0.2, 0) is 4.74 Å². The van der Waals surface area contributed by atoms with Crippen molar-refractivity contribution in [2.75, 3.05) is 25.0 Å². The molecule has 1 unspecified atom stereocenters. The highest BCUT2D eigenvalue weighted by Gasteiger charge is 2.29. The maximum atomic E-state index is 12.0. The molecule has 2 heterocycles. The summed E-state index contributed by atoms with van der Waals surface area (Å²) in [6.07, 6.45) is 2.56. The van der Waals surface area contributed by atoms with Gasteiger partial charge in [-0.1, -0.05) is 6.07 Å². The highest BCUT2D eigenvalue weighted by atomic mass is 16.6. The van der Waals surface area contributed by atoms with Crippen molar-refractivity contribution < 1.29 is 9.53 Å². The van der Waals surface area contributed by atoms with Crippen molar-refractivity contribution in [3.63, 3.8) is 0 Å². The Labute approximate surface area is 120 Å². The lowest BCUT2D eigenvalue weighted by Gasteiger charge is -2.24. The Kier molecular flexibility index (Phi) is 4.47. The largest absolute Gasteiger partial charge is 0.444 e. The van der Waals surface area contributed by atoms with Gasteiger partial charge >= 0.3 is 6.09 Å². The van der Waals surface area contributed by atoms with Crippen molar-refractivity contribution in [2.45, 2.75) is 32.8 Å².